The number of benzene rings is 3. The van der Waals surface area contributed by atoms with Gasteiger partial charge in [0.2, 0.25) is 0 Å². The van der Waals surface area contributed by atoms with Gasteiger partial charge in [-0.25, -0.2) is 0 Å². The molecule has 0 N–H and O–H groups in total. The zero-order valence-corrected chi connectivity index (χ0v) is 16.2. The molecule has 0 spiro atoms. The first-order valence-corrected chi connectivity index (χ1v) is 11.3. The molecule has 0 nitrogen and oxygen atoms in total. The molecule has 0 bridgehead atoms. The topological polar surface area (TPSA) is 0 Å². The van der Waals surface area contributed by atoms with Gasteiger partial charge in [0.25, 0.3) is 0 Å². The fraction of sp³-hybridized carbons (Fsp3) is 0.280. The molecule has 3 aromatic rings. The van der Waals surface area contributed by atoms with Gasteiger partial charge < -0.3 is 0 Å². The van der Waals surface area contributed by atoms with Gasteiger partial charge in [0.15, 0.2) is 0 Å². The fourth-order valence-electron chi connectivity index (χ4n) is 4.11. The molecule has 1 aliphatic rings. The van der Waals surface area contributed by atoms with E-state index in [1.54, 1.807) is 5.56 Å². The van der Waals surface area contributed by atoms with Crippen LogP contribution in [-0.2, 0) is 0 Å². The third-order valence-corrected chi connectivity index (χ3v) is 7.95. The molecular weight excluding hydrogens is 331 g/mol. The van der Waals surface area contributed by atoms with Crippen molar-refractivity contribution in [3.8, 4) is 0 Å². The lowest BCUT2D eigenvalue weighted by molar-refractivity contribution is 0.593. The van der Waals surface area contributed by atoms with Gasteiger partial charge >= 0.3 is 0 Å². The zero-order chi connectivity index (χ0) is 17.6. The smallest absolute Gasteiger partial charge is 0.0134 e. The minimum atomic E-state index is -0.481. The largest absolute Gasteiger partial charge is 0.0622 e. The van der Waals surface area contributed by atoms with E-state index in [-0.39, 0.29) is 0 Å². The predicted molar refractivity (Wildman–Crippen MR) is 116 cm³/mol. The zero-order valence-electron chi connectivity index (χ0n) is 15.4. The highest BCUT2D eigenvalue weighted by Crippen LogP contribution is 2.35. The molecule has 0 radical (unpaired) electrons. The van der Waals surface area contributed by atoms with Gasteiger partial charge in [0.05, 0.1) is 0 Å². The Bertz CT molecular complexity index is 745. The van der Waals surface area contributed by atoms with Gasteiger partial charge in [-0.05, 0) is 48.2 Å². The van der Waals surface area contributed by atoms with E-state index >= 15 is 0 Å². The first-order chi connectivity index (χ1) is 12.9. The Labute approximate surface area is 159 Å². The Morgan fingerprint density at radius 3 is 1.46 bits per heavy atom. The van der Waals surface area contributed by atoms with Crippen molar-refractivity contribution in [2.45, 2.75) is 44.4 Å². The maximum Gasteiger partial charge on any atom is -0.0134 e. The van der Waals surface area contributed by atoms with Crippen molar-refractivity contribution in [2.24, 2.45) is 0 Å². The number of hydrogen-bond donors (Lipinski definition) is 0. The maximum atomic E-state index is 2.41. The van der Waals surface area contributed by atoms with Crippen molar-refractivity contribution < 1.29 is 0 Å². The summed E-state index contributed by atoms with van der Waals surface area (Å²) in [5.74, 6) is 0.770. The van der Waals surface area contributed by atoms with Crippen LogP contribution in [0.3, 0.4) is 0 Å². The quantitative estimate of drug-likeness (QED) is 0.403. The van der Waals surface area contributed by atoms with Crippen LogP contribution in [0.1, 0.15) is 50.0 Å². The van der Waals surface area contributed by atoms with E-state index in [9.17, 15) is 0 Å². The molecule has 132 valence electrons. The predicted octanol–water partition coefficient (Wildman–Crippen LogP) is 5.88. The number of hydrogen-bond acceptors (Lipinski definition) is 0. The molecule has 3 aromatic carbocycles. The van der Waals surface area contributed by atoms with Crippen LogP contribution in [-0.4, -0.2) is 0 Å². The molecule has 1 saturated carbocycles. The summed E-state index contributed by atoms with van der Waals surface area (Å²) in [7, 11) is -0.481. The normalized spacial score (nSPS) is 15.7. The average Bonchev–Trinajstić information content (AvgIpc) is 3.00. The van der Waals surface area contributed by atoms with E-state index in [0.717, 1.165) is 5.92 Å². The molecule has 0 aliphatic heterocycles. The molecule has 0 saturated heterocycles. The highest BCUT2D eigenvalue weighted by Gasteiger charge is 2.18. The van der Waals surface area contributed by atoms with E-state index in [2.05, 4.69) is 84.9 Å². The first kappa shape index (κ1) is 17.5. The molecule has 0 unspecified atom stereocenters. The van der Waals surface area contributed by atoms with Gasteiger partial charge in [-0.2, -0.15) is 0 Å². The molecule has 1 fully saturated rings. The van der Waals surface area contributed by atoms with E-state index in [4.69, 9.17) is 0 Å². The van der Waals surface area contributed by atoms with E-state index < -0.39 is 7.92 Å². The Balaban J connectivity index is 1.66. The summed E-state index contributed by atoms with van der Waals surface area (Å²) >= 11 is 0. The lowest BCUT2D eigenvalue weighted by Crippen LogP contribution is -2.20. The van der Waals surface area contributed by atoms with Crippen molar-refractivity contribution >= 4 is 23.8 Å². The minimum absolute atomic E-state index is 0.481. The second-order valence-electron chi connectivity index (χ2n) is 7.29. The highest BCUT2D eigenvalue weighted by molar-refractivity contribution is 7.79. The van der Waals surface area contributed by atoms with Crippen LogP contribution < -0.4 is 15.9 Å². The van der Waals surface area contributed by atoms with Crippen LogP contribution >= 0.6 is 7.92 Å². The summed E-state index contributed by atoms with van der Waals surface area (Å²) in [5, 5.41) is 4.31. The SMILES string of the molecule is c1ccc(P(c2ccccc2)c2ccc(C3CCCCCC3)cc2)cc1. The molecule has 1 heteroatoms. The van der Waals surface area contributed by atoms with E-state index in [0.29, 0.717) is 0 Å². The molecule has 0 heterocycles. The van der Waals surface area contributed by atoms with Crippen molar-refractivity contribution in [3.63, 3.8) is 0 Å². The van der Waals surface area contributed by atoms with Gasteiger partial charge in [0, 0.05) is 0 Å². The van der Waals surface area contributed by atoms with Gasteiger partial charge in [-0.15, -0.1) is 0 Å². The van der Waals surface area contributed by atoms with Crippen LogP contribution in [0, 0.1) is 0 Å². The lowest BCUT2D eigenvalue weighted by Gasteiger charge is -2.21. The first-order valence-electron chi connectivity index (χ1n) is 9.92. The highest BCUT2D eigenvalue weighted by atomic mass is 31.1. The lowest BCUT2D eigenvalue weighted by atomic mass is 9.92. The van der Waals surface area contributed by atoms with Crippen LogP contribution in [0.2, 0.25) is 0 Å². The van der Waals surface area contributed by atoms with Gasteiger partial charge in [0.1, 0.15) is 0 Å². The van der Waals surface area contributed by atoms with E-state index in [1.807, 2.05) is 0 Å². The Kier molecular flexibility index (Phi) is 5.82. The molecule has 4 rings (SSSR count). The summed E-state index contributed by atoms with van der Waals surface area (Å²) in [5.41, 5.74) is 1.55. The van der Waals surface area contributed by atoms with Crippen molar-refractivity contribution in [1.29, 1.82) is 0 Å². The average molecular weight is 358 g/mol. The van der Waals surface area contributed by atoms with E-state index in [1.165, 1.54) is 54.4 Å². The van der Waals surface area contributed by atoms with Crippen molar-refractivity contribution in [3.05, 3.63) is 90.5 Å². The molecule has 0 atom stereocenters. The third kappa shape index (κ3) is 4.08. The van der Waals surface area contributed by atoms with Gasteiger partial charge in [-0.1, -0.05) is 111 Å². The summed E-state index contributed by atoms with van der Waals surface area (Å²) in [6, 6.07) is 31.6. The molecule has 26 heavy (non-hydrogen) atoms. The van der Waals surface area contributed by atoms with Crippen molar-refractivity contribution in [1.82, 2.24) is 0 Å². The van der Waals surface area contributed by atoms with Crippen LogP contribution in [0.25, 0.3) is 0 Å². The second kappa shape index (κ2) is 8.65. The van der Waals surface area contributed by atoms with Crippen LogP contribution in [0.15, 0.2) is 84.9 Å². The monoisotopic (exact) mass is 358 g/mol. The summed E-state index contributed by atoms with van der Waals surface area (Å²) in [4.78, 5) is 0. The molecule has 1 aliphatic carbocycles. The standard InChI is InChI=1S/C25H27P/c1-2-6-12-21(11-5-1)22-17-19-25(20-18-22)26(23-13-7-3-8-14-23)24-15-9-4-10-16-24/h3-4,7-10,13-21H,1-2,5-6,11-12H2. The summed E-state index contributed by atoms with van der Waals surface area (Å²) in [6.45, 7) is 0. The molecule has 0 amide bonds. The van der Waals surface area contributed by atoms with Gasteiger partial charge in [-0.3, -0.25) is 0 Å². The summed E-state index contributed by atoms with van der Waals surface area (Å²) < 4.78 is 0. The van der Waals surface area contributed by atoms with Crippen LogP contribution in [0.4, 0.5) is 0 Å². The fourth-order valence-corrected chi connectivity index (χ4v) is 6.39. The Morgan fingerprint density at radius 1 is 0.500 bits per heavy atom. The molecule has 0 aromatic heterocycles. The maximum absolute atomic E-state index is 2.41. The molecular formula is C25H27P. The van der Waals surface area contributed by atoms with Crippen LogP contribution in [0.5, 0.6) is 0 Å². The Hall–Kier alpha value is -1.91. The summed E-state index contributed by atoms with van der Waals surface area (Å²) in [6.07, 6.45) is 8.36. The Morgan fingerprint density at radius 2 is 0.962 bits per heavy atom. The second-order valence-corrected chi connectivity index (χ2v) is 9.51. The van der Waals surface area contributed by atoms with Crippen molar-refractivity contribution in [2.75, 3.05) is 0 Å². The number of rotatable bonds is 4. The minimum Gasteiger partial charge on any atom is -0.0622 e. The third-order valence-electron chi connectivity index (χ3n) is 5.51.